The van der Waals surface area contributed by atoms with Gasteiger partial charge in [0.25, 0.3) is 0 Å². The van der Waals surface area contributed by atoms with Crippen LogP contribution in [0.3, 0.4) is 0 Å². The normalized spacial score (nSPS) is 10.6. The fraction of sp³-hybridized carbons (Fsp3) is 0.250. The van der Waals surface area contributed by atoms with Crippen molar-refractivity contribution in [2.45, 2.75) is 13.3 Å². The van der Waals surface area contributed by atoms with Crippen molar-refractivity contribution >= 4 is 29.6 Å². The number of carboxylic acid groups (broad SMARTS) is 1. The Hall–Kier alpha value is -1.88. The van der Waals surface area contributed by atoms with Gasteiger partial charge in [0, 0.05) is 25.2 Å². The first-order valence-electron chi connectivity index (χ1n) is 5.30. The summed E-state index contributed by atoms with van der Waals surface area (Å²) in [5, 5.41) is 11.7. The molecule has 0 radical (unpaired) electrons. The molecule has 0 aliphatic carbocycles. The lowest BCUT2D eigenvalue weighted by Crippen LogP contribution is -2.20. The Morgan fingerprint density at radius 1 is 1.56 bits per heavy atom. The highest BCUT2D eigenvalue weighted by Crippen LogP contribution is 2.16. The summed E-state index contributed by atoms with van der Waals surface area (Å²) < 4.78 is 0. The molecule has 0 saturated carbocycles. The number of aromatic nitrogens is 1. The van der Waals surface area contributed by atoms with Crippen molar-refractivity contribution in [3.05, 3.63) is 34.6 Å². The van der Waals surface area contributed by atoms with E-state index in [9.17, 15) is 9.59 Å². The minimum absolute atomic E-state index is 0.0842. The van der Waals surface area contributed by atoms with E-state index in [1.807, 2.05) is 0 Å². The third-order valence-corrected chi connectivity index (χ3v) is 2.41. The number of aromatic carboxylic acids is 1. The molecule has 0 spiro atoms. The number of rotatable bonds is 5. The Labute approximate surface area is 109 Å². The third kappa shape index (κ3) is 4.55. The molecule has 1 heterocycles. The number of halogens is 1. The number of nitrogens with one attached hydrogen (secondary N) is 1. The van der Waals surface area contributed by atoms with Gasteiger partial charge < -0.3 is 10.4 Å². The summed E-state index contributed by atoms with van der Waals surface area (Å²) in [6, 6.07) is 1.45. The third-order valence-electron chi connectivity index (χ3n) is 2.10. The molecular formula is C12H13ClN2O3. The van der Waals surface area contributed by atoms with E-state index in [4.69, 9.17) is 16.7 Å². The molecule has 5 nitrogen and oxygen atoms in total. The van der Waals surface area contributed by atoms with Gasteiger partial charge in [-0.2, -0.15) is 0 Å². The largest absolute Gasteiger partial charge is 0.478 e. The molecule has 96 valence electrons. The van der Waals surface area contributed by atoms with Gasteiger partial charge in [-0.1, -0.05) is 23.8 Å². The molecule has 18 heavy (non-hydrogen) atoms. The van der Waals surface area contributed by atoms with E-state index in [0.29, 0.717) is 18.5 Å². The lowest BCUT2D eigenvalue weighted by Gasteiger charge is -2.00. The molecule has 0 fully saturated rings. The molecule has 1 rings (SSSR count). The smallest absolute Gasteiger partial charge is 0.337 e. The first-order valence-corrected chi connectivity index (χ1v) is 5.68. The zero-order valence-corrected chi connectivity index (χ0v) is 10.6. The van der Waals surface area contributed by atoms with Gasteiger partial charge in [0.1, 0.15) is 5.15 Å². The van der Waals surface area contributed by atoms with Crippen LogP contribution >= 0.6 is 11.6 Å². The van der Waals surface area contributed by atoms with Crippen molar-refractivity contribution in [2.24, 2.45) is 0 Å². The molecule has 2 N–H and O–H groups in total. The summed E-state index contributed by atoms with van der Waals surface area (Å²) in [4.78, 5) is 25.2. The van der Waals surface area contributed by atoms with Gasteiger partial charge in [-0.05, 0) is 12.5 Å². The van der Waals surface area contributed by atoms with E-state index in [1.165, 1.54) is 19.2 Å². The molecule has 1 amide bonds. The Balaban J connectivity index is 2.65. The molecule has 0 saturated heterocycles. The summed E-state index contributed by atoms with van der Waals surface area (Å²) in [5.74, 6) is -1.14. The number of carbonyl (C=O) groups is 2. The predicted octanol–water partition coefficient (Wildman–Crippen LogP) is 1.97. The predicted molar refractivity (Wildman–Crippen MR) is 68.5 cm³/mol. The van der Waals surface area contributed by atoms with Gasteiger partial charge in [-0.3, -0.25) is 4.79 Å². The van der Waals surface area contributed by atoms with E-state index in [1.54, 1.807) is 12.2 Å². The van der Waals surface area contributed by atoms with Gasteiger partial charge in [0.05, 0.1) is 5.56 Å². The minimum atomic E-state index is -1.05. The lowest BCUT2D eigenvalue weighted by molar-refractivity contribution is -0.118. The number of nitrogens with zero attached hydrogens (tertiary/aromatic N) is 1. The van der Waals surface area contributed by atoms with Crippen LogP contribution in [0, 0.1) is 0 Å². The topological polar surface area (TPSA) is 79.3 Å². The van der Waals surface area contributed by atoms with Crippen molar-refractivity contribution in [1.82, 2.24) is 10.3 Å². The molecule has 1 aromatic rings. The van der Waals surface area contributed by atoms with E-state index in [2.05, 4.69) is 10.3 Å². The van der Waals surface area contributed by atoms with E-state index in [0.717, 1.165) is 0 Å². The highest BCUT2D eigenvalue weighted by molar-refractivity contribution is 6.30. The Morgan fingerprint density at radius 2 is 2.28 bits per heavy atom. The standard InChI is InChI=1S/C12H13ClN2O3/c1-8(16)14-5-3-2-4-9-6-10(12(17)18)7-15-11(9)13/h2,4,6-7H,3,5H2,1H3,(H,14,16)(H,17,18). The fourth-order valence-corrected chi connectivity index (χ4v) is 1.41. The van der Waals surface area contributed by atoms with Crippen molar-refractivity contribution in [3.63, 3.8) is 0 Å². The second-order valence-corrected chi connectivity index (χ2v) is 3.94. The Kier molecular flexibility index (Phi) is 5.32. The van der Waals surface area contributed by atoms with Crippen LogP contribution in [0.5, 0.6) is 0 Å². The minimum Gasteiger partial charge on any atom is -0.478 e. The van der Waals surface area contributed by atoms with Crippen LogP contribution in [0.25, 0.3) is 6.08 Å². The maximum atomic E-state index is 10.8. The highest BCUT2D eigenvalue weighted by Gasteiger charge is 2.06. The average Bonchev–Trinajstić information content (AvgIpc) is 2.30. The average molecular weight is 269 g/mol. The maximum absolute atomic E-state index is 10.8. The summed E-state index contributed by atoms with van der Waals surface area (Å²) in [7, 11) is 0. The zero-order chi connectivity index (χ0) is 13.5. The van der Waals surface area contributed by atoms with Crippen LogP contribution in [-0.4, -0.2) is 28.5 Å². The summed E-state index contributed by atoms with van der Waals surface area (Å²) in [6.45, 7) is 1.97. The monoisotopic (exact) mass is 268 g/mol. The molecule has 0 bridgehead atoms. The zero-order valence-electron chi connectivity index (χ0n) is 9.81. The van der Waals surface area contributed by atoms with Gasteiger partial charge in [0.2, 0.25) is 5.91 Å². The van der Waals surface area contributed by atoms with Crippen LogP contribution in [0.1, 0.15) is 29.3 Å². The number of carboxylic acids is 1. The highest BCUT2D eigenvalue weighted by atomic mass is 35.5. The summed E-state index contributed by atoms with van der Waals surface area (Å²) in [5.41, 5.74) is 0.625. The van der Waals surface area contributed by atoms with Crippen LogP contribution in [-0.2, 0) is 4.79 Å². The van der Waals surface area contributed by atoms with Crippen LogP contribution < -0.4 is 5.32 Å². The van der Waals surface area contributed by atoms with Gasteiger partial charge in [0.15, 0.2) is 0 Å². The molecule has 1 aromatic heterocycles. The molecule has 0 unspecified atom stereocenters. The van der Waals surface area contributed by atoms with E-state index < -0.39 is 5.97 Å². The van der Waals surface area contributed by atoms with E-state index in [-0.39, 0.29) is 16.6 Å². The number of pyridine rings is 1. The molecule has 0 aliphatic rings. The molecule has 0 atom stereocenters. The fourth-order valence-electron chi connectivity index (χ4n) is 1.24. The number of amides is 1. The Bertz CT molecular complexity index is 486. The molecule has 0 aromatic carbocycles. The van der Waals surface area contributed by atoms with Crippen LogP contribution in [0.4, 0.5) is 0 Å². The number of hydrogen-bond acceptors (Lipinski definition) is 3. The lowest BCUT2D eigenvalue weighted by atomic mass is 10.2. The first-order chi connectivity index (χ1) is 8.50. The number of carbonyl (C=O) groups excluding carboxylic acids is 1. The van der Waals surface area contributed by atoms with Gasteiger partial charge in [-0.15, -0.1) is 0 Å². The Morgan fingerprint density at radius 3 is 2.89 bits per heavy atom. The summed E-state index contributed by atoms with van der Waals surface area (Å²) >= 11 is 5.84. The molecule has 6 heteroatoms. The summed E-state index contributed by atoms with van der Waals surface area (Å²) in [6.07, 6.45) is 5.32. The SMILES string of the molecule is CC(=O)NCCC=Cc1cc(C(=O)O)cnc1Cl. The second kappa shape index (κ2) is 6.76. The van der Waals surface area contributed by atoms with Crippen LogP contribution in [0.15, 0.2) is 18.3 Å². The van der Waals surface area contributed by atoms with Crippen LogP contribution in [0.2, 0.25) is 5.15 Å². The maximum Gasteiger partial charge on any atom is 0.337 e. The first kappa shape index (κ1) is 14.2. The van der Waals surface area contributed by atoms with E-state index >= 15 is 0 Å². The van der Waals surface area contributed by atoms with Crippen molar-refractivity contribution in [1.29, 1.82) is 0 Å². The molecule has 0 aliphatic heterocycles. The van der Waals surface area contributed by atoms with Crippen molar-refractivity contribution in [3.8, 4) is 0 Å². The van der Waals surface area contributed by atoms with Gasteiger partial charge >= 0.3 is 5.97 Å². The molecular weight excluding hydrogens is 256 g/mol. The van der Waals surface area contributed by atoms with Crippen molar-refractivity contribution in [2.75, 3.05) is 6.54 Å². The van der Waals surface area contributed by atoms with Crippen molar-refractivity contribution < 1.29 is 14.7 Å². The number of hydrogen-bond donors (Lipinski definition) is 2. The second-order valence-electron chi connectivity index (χ2n) is 3.58. The quantitative estimate of drug-likeness (QED) is 0.632. The van der Waals surface area contributed by atoms with Gasteiger partial charge in [-0.25, -0.2) is 9.78 Å².